The van der Waals surface area contributed by atoms with Gasteiger partial charge in [-0.05, 0) is 55.3 Å². The van der Waals surface area contributed by atoms with E-state index in [4.69, 9.17) is 17.3 Å². The van der Waals surface area contributed by atoms with Gasteiger partial charge in [-0.2, -0.15) is 0 Å². The van der Waals surface area contributed by atoms with Crippen molar-refractivity contribution in [2.24, 2.45) is 5.92 Å². The molecule has 1 aromatic carbocycles. The van der Waals surface area contributed by atoms with Crippen molar-refractivity contribution in [2.75, 3.05) is 45.0 Å². The lowest BCUT2D eigenvalue weighted by molar-refractivity contribution is -0.139. The number of pyridine rings is 1. The molecule has 2 aliphatic rings. The number of benzene rings is 1. The summed E-state index contributed by atoms with van der Waals surface area (Å²) in [4.78, 5) is 23.9. The van der Waals surface area contributed by atoms with E-state index in [2.05, 4.69) is 25.8 Å². The van der Waals surface area contributed by atoms with Crippen LogP contribution in [0.5, 0.6) is 0 Å². The van der Waals surface area contributed by atoms with E-state index < -0.39 is 0 Å². The molecule has 2 aromatic rings. The number of carbonyl (C=O) groups excluding carboxylic acids is 1. The van der Waals surface area contributed by atoms with Gasteiger partial charge in [0.15, 0.2) is 0 Å². The first-order valence-corrected chi connectivity index (χ1v) is 11.1. The Balaban J connectivity index is 1.22. The number of nitrogens with zero attached hydrogens (tertiary/aromatic N) is 4. The topological polar surface area (TPSA) is 65.7 Å². The van der Waals surface area contributed by atoms with Crippen LogP contribution in [-0.2, 0) is 17.9 Å². The Labute approximate surface area is 183 Å². The zero-order valence-electron chi connectivity index (χ0n) is 17.3. The minimum Gasteiger partial charge on any atom is -0.384 e. The molecule has 160 valence electrons. The van der Waals surface area contributed by atoms with E-state index in [1.54, 1.807) is 6.20 Å². The van der Waals surface area contributed by atoms with Crippen LogP contribution in [0.2, 0.25) is 5.02 Å². The number of hydrogen-bond acceptors (Lipinski definition) is 5. The van der Waals surface area contributed by atoms with Gasteiger partial charge in [-0.3, -0.25) is 14.6 Å². The third kappa shape index (κ3) is 5.31. The van der Waals surface area contributed by atoms with E-state index in [0.717, 1.165) is 75.8 Å². The van der Waals surface area contributed by atoms with Gasteiger partial charge in [-0.1, -0.05) is 29.8 Å². The molecule has 30 heavy (non-hydrogen) atoms. The van der Waals surface area contributed by atoms with Crippen LogP contribution < -0.4 is 5.73 Å². The summed E-state index contributed by atoms with van der Waals surface area (Å²) in [6.45, 7) is 7.03. The highest BCUT2D eigenvalue weighted by Crippen LogP contribution is 2.23. The molecule has 4 rings (SSSR count). The van der Waals surface area contributed by atoms with Crippen LogP contribution in [0.1, 0.15) is 24.0 Å². The molecule has 1 aromatic heterocycles. The number of halogens is 1. The number of likely N-dealkylation sites (tertiary alicyclic amines) is 1. The lowest BCUT2D eigenvalue weighted by Crippen LogP contribution is -2.51. The zero-order valence-corrected chi connectivity index (χ0v) is 18.1. The summed E-state index contributed by atoms with van der Waals surface area (Å²) in [7, 11) is 0. The second-order valence-corrected chi connectivity index (χ2v) is 8.74. The highest BCUT2D eigenvalue weighted by Gasteiger charge is 2.30. The Kier molecular flexibility index (Phi) is 6.87. The molecule has 2 aliphatic heterocycles. The number of carbonyl (C=O) groups is 1. The van der Waals surface area contributed by atoms with Crippen molar-refractivity contribution in [3.8, 4) is 0 Å². The SMILES string of the molecule is Nc1cc(CN2CCC(C(=O)N3CCN(Cc4ccccc4Cl)CC3)CC2)ccn1. The highest BCUT2D eigenvalue weighted by molar-refractivity contribution is 6.31. The highest BCUT2D eigenvalue weighted by atomic mass is 35.5. The normalized spacial score (nSPS) is 19.2. The number of anilines is 1. The fraction of sp³-hybridized carbons (Fsp3) is 0.478. The summed E-state index contributed by atoms with van der Waals surface area (Å²) in [5.41, 5.74) is 8.12. The van der Waals surface area contributed by atoms with Gasteiger partial charge in [-0.15, -0.1) is 0 Å². The standard InChI is InChI=1S/C23H30ClN5O/c24-21-4-2-1-3-20(21)17-28-11-13-29(14-12-28)23(30)19-6-9-27(10-7-19)16-18-5-8-26-22(25)15-18/h1-5,8,15,19H,6-7,9-14,16-17H2,(H2,25,26). The lowest BCUT2D eigenvalue weighted by Gasteiger charge is -2.38. The molecule has 3 heterocycles. The molecule has 7 heteroatoms. The number of nitrogen functional groups attached to an aromatic ring is 1. The lowest BCUT2D eigenvalue weighted by atomic mass is 9.94. The van der Waals surface area contributed by atoms with Gasteiger partial charge in [0.2, 0.25) is 5.91 Å². The van der Waals surface area contributed by atoms with Crippen LogP contribution in [0.15, 0.2) is 42.6 Å². The fourth-order valence-electron chi connectivity index (χ4n) is 4.44. The maximum Gasteiger partial charge on any atom is 0.225 e. The third-order valence-electron chi connectivity index (χ3n) is 6.22. The van der Waals surface area contributed by atoms with Crippen LogP contribution in [0.4, 0.5) is 5.82 Å². The van der Waals surface area contributed by atoms with Crippen molar-refractivity contribution in [2.45, 2.75) is 25.9 Å². The number of piperazine rings is 1. The van der Waals surface area contributed by atoms with Crippen molar-refractivity contribution in [1.82, 2.24) is 19.7 Å². The summed E-state index contributed by atoms with van der Waals surface area (Å²) in [6.07, 6.45) is 3.62. The first-order chi connectivity index (χ1) is 14.6. The van der Waals surface area contributed by atoms with Crippen molar-refractivity contribution in [1.29, 1.82) is 0 Å². The van der Waals surface area contributed by atoms with Crippen molar-refractivity contribution < 1.29 is 4.79 Å². The number of aromatic nitrogens is 1. The van der Waals surface area contributed by atoms with Crippen LogP contribution in [0.25, 0.3) is 0 Å². The minimum atomic E-state index is 0.152. The van der Waals surface area contributed by atoms with Crippen molar-refractivity contribution in [3.05, 3.63) is 58.7 Å². The van der Waals surface area contributed by atoms with E-state index in [1.807, 2.05) is 30.3 Å². The zero-order chi connectivity index (χ0) is 20.9. The maximum atomic E-state index is 13.0. The Morgan fingerprint density at radius 1 is 1.00 bits per heavy atom. The Hall–Kier alpha value is -2.15. The molecule has 6 nitrogen and oxygen atoms in total. The first-order valence-electron chi connectivity index (χ1n) is 10.8. The largest absolute Gasteiger partial charge is 0.384 e. The van der Waals surface area contributed by atoms with E-state index >= 15 is 0 Å². The van der Waals surface area contributed by atoms with E-state index in [9.17, 15) is 4.79 Å². The predicted molar refractivity (Wildman–Crippen MR) is 120 cm³/mol. The molecule has 0 spiro atoms. The summed E-state index contributed by atoms with van der Waals surface area (Å²) < 4.78 is 0. The second kappa shape index (κ2) is 9.77. The Bertz CT molecular complexity index is 860. The molecule has 0 aliphatic carbocycles. The average molecular weight is 428 g/mol. The molecule has 1 amide bonds. The molecule has 2 fully saturated rings. The molecule has 0 radical (unpaired) electrons. The average Bonchev–Trinajstić information content (AvgIpc) is 2.76. The summed E-state index contributed by atoms with van der Waals surface area (Å²) in [6, 6.07) is 11.9. The van der Waals surface area contributed by atoms with Gasteiger partial charge in [0.05, 0.1) is 0 Å². The maximum absolute atomic E-state index is 13.0. The summed E-state index contributed by atoms with van der Waals surface area (Å²) >= 11 is 6.29. The van der Waals surface area contributed by atoms with Crippen LogP contribution >= 0.6 is 11.6 Å². The number of nitrogens with two attached hydrogens (primary N) is 1. The monoisotopic (exact) mass is 427 g/mol. The number of piperidine rings is 1. The smallest absolute Gasteiger partial charge is 0.225 e. The molecular formula is C23H30ClN5O. The van der Waals surface area contributed by atoms with Crippen LogP contribution in [0, 0.1) is 5.92 Å². The number of rotatable bonds is 5. The number of amides is 1. The van der Waals surface area contributed by atoms with Crippen LogP contribution in [-0.4, -0.2) is 64.9 Å². The second-order valence-electron chi connectivity index (χ2n) is 8.33. The molecule has 0 atom stereocenters. The van der Waals surface area contributed by atoms with Gasteiger partial charge < -0.3 is 10.6 Å². The Morgan fingerprint density at radius 2 is 1.70 bits per heavy atom. The van der Waals surface area contributed by atoms with Crippen molar-refractivity contribution in [3.63, 3.8) is 0 Å². The summed E-state index contributed by atoms with van der Waals surface area (Å²) in [5.74, 6) is 1.05. The molecule has 0 unspecified atom stereocenters. The number of hydrogen-bond donors (Lipinski definition) is 1. The van der Waals surface area contributed by atoms with Crippen LogP contribution in [0.3, 0.4) is 0 Å². The molecule has 2 N–H and O–H groups in total. The molecule has 0 bridgehead atoms. The van der Waals surface area contributed by atoms with E-state index in [1.165, 1.54) is 5.56 Å². The van der Waals surface area contributed by atoms with Crippen molar-refractivity contribution >= 4 is 23.3 Å². The van der Waals surface area contributed by atoms with E-state index in [0.29, 0.717) is 11.7 Å². The van der Waals surface area contributed by atoms with E-state index in [-0.39, 0.29) is 5.92 Å². The predicted octanol–water partition coefficient (Wildman–Crippen LogP) is 2.87. The van der Waals surface area contributed by atoms with Gasteiger partial charge in [0, 0.05) is 56.4 Å². The summed E-state index contributed by atoms with van der Waals surface area (Å²) in [5, 5.41) is 0.817. The first kappa shape index (κ1) is 21.1. The molecule has 2 saturated heterocycles. The quantitative estimate of drug-likeness (QED) is 0.794. The van der Waals surface area contributed by atoms with Gasteiger partial charge in [0.1, 0.15) is 5.82 Å². The third-order valence-corrected chi connectivity index (χ3v) is 6.59. The fourth-order valence-corrected chi connectivity index (χ4v) is 4.64. The molecular weight excluding hydrogens is 398 g/mol. The Morgan fingerprint density at radius 3 is 2.40 bits per heavy atom. The minimum absolute atomic E-state index is 0.152. The molecule has 0 saturated carbocycles. The van der Waals surface area contributed by atoms with Gasteiger partial charge in [0.25, 0.3) is 0 Å². The van der Waals surface area contributed by atoms with Gasteiger partial charge >= 0.3 is 0 Å². The van der Waals surface area contributed by atoms with Gasteiger partial charge in [-0.25, -0.2) is 4.98 Å².